The number of halogens is 2. The number of rotatable bonds is 10. The van der Waals surface area contributed by atoms with Crippen LogP contribution in [-0.2, 0) is 6.54 Å². The normalized spacial score (nSPS) is 14.2. The monoisotopic (exact) mass is 459 g/mol. The van der Waals surface area contributed by atoms with Crippen molar-refractivity contribution in [1.82, 2.24) is 20.3 Å². The molecule has 2 heterocycles. The van der Waals surface area contributed by atoms with Gasteiger partial charge in [-0.25, -0.2) is 15.0 Å². The van der Waals surface area contributed by atoms with Gasteiger partial charge in [-0.1, -0.05) is 0 Å². The Kier molecular flexibility index (Phi) is 6.78. The van der Waals surface area contributed by atoms with Gasteiger partial charge in [0.2, 0.25) is 5.89 Å². The number of amides is 1. The maximum Gasteiger partial charge on any atom is 0.387 e. The molecule has 0 aliphatic heterocycles. The summed E-state index contributed by atoms with van der Waals surface area (Å²) in [5, 5.41) is 2.69. The van der Waals surface area contributed by atoms with E-state index in [9.17, 15) is 13.6 Å². The summed E-state index contributed by atoms with van der Waals surface area (Å²) in [4.78, 5) is 25.2. The molecule has 33 heavy (non-hydrogen) atoms. The fourth-order valence-corrected chi connectivity index (χ4v) is 3.03. The summed E-state index contributed by atoms with van der Waals surface area (Å²) in [5.74, 6) is 0.676. The van der Waals surface area contributed by atoms with E-state index in [2.05, 4.69) is 25.0 Å². The maximum atomic E-state index is 12.8. The second kappa shape index (κ2) is 9.90. The molecule has 0 saturated heterocycles. The number of nitrogens with zero attached hydrogens (tertiary/aromatic N) is 3. The summed E-state index contributed by atoms with van der Waals surface area (Å²) in [7, 11) is 0. The number of ether oxygens (including phenoxy) is 2. The van der Waals surface area contributed by atoms with Crippen molar-refractivity contribution < 1.29 is 27.5 Å². The first-order chi connectivity index (χ1) is 15.9. The zero-order valence-electron chi connectivity index (χ0n) is 17.8. The Balaban J connectivity index is 1.58. The van der Waals surface area contributed by atoms with Crippen LogP contribution in [0.15, 0.2) is 41.1 Å². The molecule has 1 unspecified atom stereocenters. The van der Waals surface area contributed by atoms with E-state index in [0.717, 1.165) is 12.8 Å². The summed E-state index contributed by atoms with van der Waals surface area (Å²) in [6.07, 6.45) is 5.21. The molecular formula is C22H23F2N5O4. The number of benzene rings is 1. The predicted molar refractivity (Wildman–Crippen MR) is 113 cm³/mol. The molecule has 1 saturated carbocycles. The molecule has 11 heteroatoms. The number of nitrogens with one attached hydrogen (secondary N) is 1. The Morgan fingerprint density at radius 2 is 2.03 bits per heavy atom. The Hall–Kier alpha value is -3.60. The summed E-state index contributed by atoms with van der Waals surface area (Å²) in [6, 6.07) is 5.40. The van der Waals surface area contributed by atoms with Gasteiger partial charge in [-0.15, -0.1) is 0 Å². The molecule has 1 aliphatic carbocycles. The van der Waals surface area contributed by atoms with Gasteiger partial charge in [0, 0.05) is 18.0 Å². The lowest BCUT2D eigenvalue weighted by Gasteiger charge is -2.12. The van der Waals surface area contributed by atoms with Crippen molar-refractivity contribution in [1.29, 1.82) is 0 Å². The number of nitrogens with two attached hydrogens (primary N) is 1. The molecule has 0 bridgehead atoms. The third-order valence-electron chi connectivity index (χ3n) is 4.89. The van der Waals surface area contributed by atoms with Gasteiger partial charge in [-0.2, -0.15) is 8.78 Å². The van der Waals surface area contributed by atoms with Crippen LogP contribution >= 0.6 is 0 Å². The van der Waals surface area contributed by atoms with Crippen molar-refractivity contribution >= 4 is 5.91 Å². The second-order valence-corrected chi connectivity index (χ2v) is 7.66. The van der Waals surface area contributed by atoms with Gasteiger partial charge in [-0.05, 0) is 49.9 Å². The van der Waals surface area contributed by atoms with Crippen LogP contribution < -0.4 is 20.5 Å². The van der Waals surface area contributed by atoms with Crippen molar-refractivity contribution in [2.24, 2.45) is 11.7 Å². The lowest BCUT2D eigenvalue weighted by Crippen LogP contribution is -2.26. The number of aromatic nitrogens is 3. The van der Waals surface area contributed by atoms with Crippen molar-refractivity contribution in [3.8, 4) is 23.0 Å². The van der Waals surface area contributed by atoms with Crippen LogP contribution in [0.5, 0.6) is 11.5 Å². The molecule has 2 aromatic heterocycles. The average molecular weight is 459 g/mol. The van der Waals surface area contributed by atoms with Crippen molar-refractivity contribution in [3.63, 3.8) is 0 Å². The smallest absolute Gasteiger partial charge is 0.387 e. The standard InChI is InChI=1S/C22H23F2N5O4/c1-12(25)19-18(20(30)28-10-17-26-7-2-8-27-17)29-21(33-19)14-5-6-15(32-22(23)24)16(9-14)31-11-13-3-4-13/h2,5-9,12-13,22H,3-4,10-11,25H2,1H3,(H,28,30). The number of hydrogen-bond donors (Lipinski definition) is 2. The Bertz CT molecular complexity index is 1100. The number of oxazole rings is 1. The molecule has 1 amide bonds. The van der Waals surface area contributed by atoms with Crippen LogP contribution in [0.25, 0.3) is 11.5 Å². The van der Waals surface area contributed by atoms with Gasteiger partial charge in [0.25, 0.3) is 5.91 Å². The van der Waals surface area contributed by atoms with Crippen LogP contribution in [-0.4, -0.2) is 34.1 Å². The highest BCUT2D eigenvalue weighted by molar-refractivity contribution is 5.93. The number of alkyl halides is 2. The quantitative estimate of drug-likeness (QED) is 0.472. The van der Waals surface area contributed by atoms with Crippen LogP contribution in [0.4, 0.5) is 8.78 Å². The van der Waals surface area contributed by atoms with E-state index in [0.29, 0.717) is 23.9 Å². The molecule has 3 aromatic rings. The first-order valence-corrected chi connectivity index (χ1v) is 10.4. The third kappa shape index (κ3) is 5.80. The second-order valence-electron chi connectivity index (χ2n) is 7.66. The SMILES string of the molecule is CC(N)c1oc(-c2ccc(OC(F)F)c(OCC3CC3)c2)nc1C(=O)NCc1ncccn1. The van der Waals surface area contributed by atoms with E-state index in [1.807, 2.05) is 0 Å². The lowest BCUT2D eigenvalue weighted by molar-refractivity contribution is -0.0515. The zero-order valence-corrected chi connectivity index (χ0v) is 17.8. The van der Waals surface area contributed by atoms with Crippen LogP contribution in [0, 0.1) is 5.92 Å². The fourth-order valence-electron chi connectivity index (χ4n) is 3.03. The number of carbonyl (C=O) groups excluding carboxylic acids is 1. The molecule has 0 radical (unpaired) electrons. The Labute approximate surface area is 188 Å². The van der Waals surface area contributed by atoms with Gasteiger partial charge in [0.1, 0.15) is 5.82 Å². The van der Waals surface area contributed by atoms with Gasteiger partial charge in [-0.3, -0.25) is 4.79 Å². The van der Waals surface area contributed by atoms with Gasteiger partial charge >= 0.3 is 6.61 Å². The minimum Gasteiger partial charge on any atom is -0.489 e. The largest absolute Gasteiger partial charge is 0.489 e. The van der Waals surface area contributed by atoms with Crippen LogP contribution in [0.1, 0.15) is 47.9 Å². The first kappa shape index (κ1) is 22.6. The molecule has 3 N–H and O–H groups in total. The van der Waals surface area contributed by atoms with E-state index in [1.165, 1.54) is 18.2 Å². The minimum atomic E-state index is -2.99. The molecule has 1 fully saturated rings. The number of hydrogen-bond acceptors (Lipinski definition) is 8. The van der Waals surface area contributed by atoms with Gasteiger partial charge in [0.05, 0.1) is 19.2 Å². The van der Waals surface area contributed by atoms with E-state index in [-0.39, 0.29) is 35.4 Å². The maximum absolute atomic E-state index is 12.8. The average Bonchev–Trinajstić information content (AvgIpc) is 3.52. The third-order valence-corrected chi connectivity index (χ3v) is 4.89. The van der Waals surface area contributed by atoms with E-state index < -0.39 is 18.6 Å². The Morgan fingerprint density at radius 3 is 2.70 bits per heavy atom. The topological polar surface area (TPSA) is 125 Å². The molecular weight excluding hydrogens is 436 g/mol. The predicted octanol–water partition coefficient (Wildman–Crippen LogP) is 3.47. The highest BCUT2D eigenvalue weighted by Crippen LogP contribution is 2.37. The Morgan fingerprint density at radius 1 is 1.27 bits per heavy atom. The summed E-state index contributed by atoms with van der Waals surface area (Å²) in [5.41, 5.74) is 6.42. The fraction of sp³-hybridized carbons (Fsp3) is 0.364. The highest BCUT2D eigenvalue weighted by Gasteiger charge is 2.26. The molecule has 1 aliphatic rings. The van der Waals surface area contributed by atoms with Crippen molar-refractivity contribution in [3.05, 3.63) is 53.9 Å². The molecule has 9 nitrogen and oxygen atoms in total. The summed E-state index contributed by atoms with van der Waals surface area (Å²) >= 11 is 0. The van der Waals surface area contributed by atoms with Crippen molar-refractivity contribution in [2.75, 3.05) is 6.61 Å². The summed E-state index contributed by atoms with van der Waals surface area (Å²) in [6.45, 7) is -0.839. The molecule has 1 atom stereocenters. The van der Waals surface area contributed by atoms with E-state index in [1.54, 1.807) is 25.4 Å². The van der Waals surface area contributed by atoms with Gasteiger partial charge < -0.3 is 24.9 Å². The van der Waals surface area contributed by atoms with Gasteiger partial charge in [0.15, 0.2) is 23.0 Å². The van der Waals surface area contributed by atoms with E-state index >= 15 is 0 Å². The highest BCUT2D eigenvalue weighted by atomic mass is 19.3. The molecule has 174 valence electrons. The summed E-state index contributed by atoms with van der Waals surface area (Å²) < 4.78 is 41.6. The lowest BCUT2D eigenvalue weighted by atomic mass is 10.2. The van der Waals surface area contributed by atoms with Crippen molar-refractivity contribution in [2.45, 2.75) is 39.0 Å². The molecule has 4 rings (SSSR count). The molecule has 1 aromatic carbocycles. The minimum absolute atomic E-state index is 0.0179. The number of carbonyl (C=O) groups is 1. The van der Waals surface area contributed by atoms with E-state index in [4.69, 9.17) is 14.9 Å². The van der Waals surface area contributed by atoms with Crippen LogP contribution in [0.2, 0.25) is 0 Å². The first-order valence-electron chi connectivity index (χ1n) is 10.4. The zero-order chi connectivity index (χ0) is 23.4. The molecule has 0 spiro atoms. The van der Waals surface area contributed by atoms with Crippen LogP contribution in [0.3, 0.4) is 0 Å².